The van der Waals surface area contributed by atoms with E-state index < -0.39 is 20.3 Å². The molecule has 1 aromatic rings. The highest BCUT2D eigenvalue weighted by Crippen LogP contribution is 2.50. The lowest BCUT2D eigenvalue weighted by Gasteiger charge is -2.31. The molecule has 1 unspecified atom stereocenters. The Labute approximate surface area is 96.6 Å². The average Bonchev–Trinajstić information content (AvgIpc) is 2.13. The molecule has 1 aliphatic carbocycles. The molecule has 4 nitrogen and oxygen atoms in total. The van der Waals surface area contributed by atoms with Gasteiger partial charge in [0, 0.05) is 10.7 Å². The summed E-state index contributed by atoms with van der Waals surface area (Å²) in [6.45, 7) is 3.57. The quantitative estimate of drug-likeness (QED) is 0.824. The summed E-state index contributed by atoms with van der Waals surface area (Å²) in [5.74, 6) is -1.11. The third-order valence-electron chi connectivity index (χ3n) is 2.53. The van der Waals surface area contributed by atoms with E-state index >= 15 is 0 Å². The van der Waals surface area contributed by atoms with E-state index in [0.29, 0.717) is 11.1 Å². The molecule has 0 bridgehead atoms. The van der Waals surface area contributed by atoms with Crippen LogP contribution in [0, 0.1) is 0 Å². The zero-order valence-corrected chi connectivity index (χ0v) is 9.55. The maximum absolute atomic E-state index is 11.2. The van der Waals surface area contributed by atoms with Gasteiger partial charge in [0.25, 0.3) is 0 Å². The molecule has 2 rings (SSSR count). The van der Waals surface area contributed by atoms with Crippen LogP contribution in [0.1, 0.15) is 26.7 Å². The molecule has 84 valence electrons. The third-order valence-corrected chi connectivity index (χ3v) is 4.16. The lowest BCUT2D eigenvalue weighted by Crippen LogP contribution is -2.23. The Morgan fingerprint density at radius 1 is 1.44 bits per heavy atom. The molecule has 0 saturated heterocycles. The van der Waals surface area contributed by atoms with Gasteiger partial charge in [0.05, 0.1) is 5.56 Å². The minimum atomic E-state index is -3.79. The topological polar surface area (TPSA) is 71.4 Å². The number of benzene rings is 1. The third kappa shape index (κ3) is 1.44. The fourth-order valence-electron chi connectivity index (χ4n) is 1.89. The van der Waals surface area contributed by atoms with Crippen molar-refractivity contribution in [1.82, 2.24) is 0 Å². The molecule has 0 spiro atoms. The fraction of sp³-hybridized carbons (Fsp3) is 0.100. The maximum Gasteiger partial charge on any atom is 0.336 e. The Morgan fingerprint density at radius 3 is 2.56 bits per heavy atom. The van der Waals surface area contributed by atoms with E-state index in [1.807, 2.05) is 0 Å². The molecular weight excluding hydrogens is 252 g/mol. The van der Waals surface area contributed by atoms with Crippen molar-refractivity contribution in [2.24, 2.45) is 0 Å². The minimum Gasteiger partial charge on any atom is -0.478 e. The number of aromatic carboxylic acids is 1. The van der Waals surface area contributed by atoms with Gasteiger partial charge in [-0.25, -0.2) is 13.2 Å². The molecule has 1 aliphatic rings. The van der Waals surface area contributed by atoms with Crippen molar-refractivity contribution in [3.05, 3.63) is 41.5 Å². The van der Waals surface area contributed by atoms with Gasteiger partial charge in [-0.1, -0.05) is 18.7 Å². The Hall–Kier alpha value is -1.33. The first-order valence-corrected chi connectivity index (χ1v) is 6.70. The summed E-state index contributed by atoms with van der Waals surface area (Å²) in [6.07, 6.45) is 0. The van der Waals surface area contributed by atoms with Crippen molar-refractivity contribution in [2.75, 3.05) is 0 Å². The van der Waals surface area contributed by atoms with Crippen LogP contribution in [0.3, 0.4) is 0 Å². The Balaban J connectivity index is 2.65. The molecule has 0 heterocycles. The molecule has 0 aromatic heterocycles. The molecule has 1 N–H and O–H groups in total. The number of hydrogen-bond acceptors (Lipinski definition) is 3. The second-order valence-electron chi connectivity index (χ2n) is 3.46. The molecule has 1 aromatic carbocycles. The van der Waals surface area contributed by atoms with Crippen molar-refractivity contribution < 1.29 is 18.3 Å². The predicted molar refractivity (Wildman–Crippen MR) is 59.9 cm³/mol. The van der Waals surface area contributed by atoms with Crippen LogP contribution in [-0.2, 0) is 9.05 Å². The first-order chi connectivity index (χ1) is 7.34. The average molecular weight is 259 g/mol. The van der Waals surface area contributed by atoms with E-state index in [0.717, 1.165) is 0 Å². The number of fused-ring (bicyclic) bond motifs is 1. The van der Waals surface area contributed by atoms with E-state index in [9.17, 15) is 13.2 Å². The van der Waals surface area contributed by atoms with E-state index in [1.54, 1.807) is 6.07 Å². The van der Waals surface area contributed by atoms with Crippen molar-refractivity contribution in [3.63, 3.8) is 0 Å². The lowest BCUT2D eigenvalue weighted by molar-refractivity contribution is 0.0696. The summed E-state index contributed by atoms with van der Waals surface area (Å²) in [6, 6.07) is 4.44. The van der Waals surface area contributed by atoms with Crippen LogP contribution in [0.2, 0.25) is 0 Å². The van der Waals surface area contributed by atoms with E-state index in [1.165, 1.54) is 12.1 Å². The summed E-state index contributed by atoms with van der Waals surface area (Å²) in [5.41, 5.74) is 1.08. The molecule has 0 saturated carbocycles. The molecule has 0 fully saturated rings. The van der Waals surface area contributed by atoms with Crippen LogP contribution < -0.4 is 0 Å². The van der Waals surface area contributed by atoms with E-state index in [4.69, 9.17) is 15.8 Å². The van der Waals surface area contributed by atoms with Crippen molar-refractivity contribution in [3.8, 4) is 0 Å². The molecule has 0 aliphatic heterocycles. The summed E-state index contributed by atoms with van der Waals surface area (Å²) in [4.78, 5) is 10.9. The lowest BCUT2D eigenvalue weighted by atomic mass is 9.80. The van der Waals surface area contributed by atoms with Crippen LogP contribution in [0.5, 0.6) is 0 Å². The first-order valence-electron chi connectivity index (χ1n) is 4.33. The number of halogens is 1. The van der Waals surface area contributed by atoms with Gasteiger partial charge in [0.1, 0.15) is 5.25 Å². The number of carboxylic acids is 1. The normalized spacial score (nSPS) is 18.8. The van der Waals surface area contributed by atoms with Crippen molar-refractivity contribution >= 4 is 31.3 Å². The van der Waals surface area contributed by atoms with Gasteiger partial charge in [-0.2, -0.15) is 0 Å². The highest BCUT2D eigenvalue weighted by Gasteiger charge is 2.41. The summed E-state index contributed by atoms with van der Waals surface area (Å²) in [7, 11) is 1.46. The summed E-state index contributed by atoms with van der Waals surface area (Å²) < 4.78 is 22.4. The standard InChI is InChI=1S/C10H7ClO4S/c1-5-8-6(9(5)16(11,14)15)3-2-4-7(8)10(12)13/h2-4,9H,1H2,(H,12,13). The summed E-state index contributed by atoms with van der Waals surface area (Å²) >= 11 is 0. The van der Waals surface area contributed by atoms with Gasteiger partial charge in [0.15, 0.2) is 0 Å². The molecule has 16 heavy (non-hydrogen) atoms. The largest absolute Gasteiger partial charge is 0.478 e. The first kappa shape index (κ1) is 11.2. The highest BCUT2D eigenvalue weighted by atomic mass is 35.7. The molecule has 0 radical (unpaired) electrons. The van der Waals surface area contributed by atoms with Crippen LogP contribution in [0.25, 0.3) is 5.57 Å². The van der Waals surface area contributed by atoms with Gasteiger partial charge in [-0.3, -0.25) is 0 Å². The smallest absolute Gasteiger partial charge is 0.336 e. The minimum absolute atomic E-state index is 0.0547. The second kappa shape index (κ2) is 3.33. The summed E-state index contributed by atoms with van der Waals surface area (Å²) in [5, 5.41) is 7.92. The molecule has 0 amide bonds. The van der Waals surface area contributed by atoms with E-state index in [-0.39, 0.29) is 11.1 Å². The predicted octanol–water partition coefficient (Wildman–Crippen LogP) is 2.02. The van der Waals surface area contributed by atoms with Gasteiger partial charge < -0.3 is 5.11 Å². The molecule has 1 atom stereocenters. The van der Waals surface area contributed by atoms with Crippen LogP contribution >= 0.6 is 10.7 Å². The number of carbonyl (C=O) groups is 1. The van der Waals surface area contributed by atoms with Crippen LogP contribution in [-0.4, -0.2) is 19.5 Å². The SMILES string of the molecule is C=C1c2c(C(=O)O)cccc2C1S(=O)(=O)Cl. The Kier molecular flexibility index (Phi) is 2.32. The maximum atomic E-state index is 11.2. The van der Waals surface area contributed by atoms with Gasteiger partial charge in [-0.15, -0.1) is 0 Å². The fourth-order valence-corrected chi connectivity index (χ4v) is 3.46. The van der Waals surface area contributed by atoms with Gasteiger partial charge >= 0.3 is 5.97 Å². The van der Waals surface area contributed by atoms with Crippen molar-refractivity contribution in [1.29, 1.82) is 0 Å². The second-order valence-corrected chi connectivity index (χ2v) is 6.17. The number of rotatable bonds is 2. The van der Waals surface area contributed by atoms with Crippen LogP contribution in [0.15, 0.2) is 24.8 Å². The van der Waals surface area contributed by atoms with E-state index in [2.05, 4.69) is 6.58 Å². The highest BCUT2D eigenvalue weighted by molar-refractivity contribution is 8.14. The zero-order valence-electron chi connectivity index (χ0n) is 7.97. The molecule has 6 heteroatoms. The Morgan fingerprint density at radius 2 is 2.06 bits per heavy atom. The monoisotopic (exact) mass is 258 g/mol. The van der Waals surface area contributed by atoms with Gasteiger partial charge in [-0.05, 0) is 22.8 Å². The zero-order chi connectivity index (χ0) is 12.1. The van der Waals surface area contributed by atoms with Crippen molar-refractivity contribution in [2.45, 2.75) is 5.25 Å². The Bertz CT molecular complexity index is 603. The van der Waals surface area contributed by atoms with Crippen LogP contribution in [0.4, 0.5) is 0 Å². The molecular formula is C10H7ClO4S. The number of hydrogen-bond donors (Lipinski definition) is 1. The van der Waals surface area contributed by atoms with Gasteiger partial charge in [0.2, 0.25) is 9.05 Å². The number of carboxylic acid groups (broad SMARTS) is 1.